The van der Waals surface area contributed by atoms with Crippen molar-refractivity contribution in [1.29, 1.82) is 0 Å². The van der Waals surface area contributed by atoms with Crippen LogP contribution in [0.15, 0.2) is 83.5 Å². The molecule has 1 heterocycles. The highest BCUT2D eigenvalue weighted by Crippen LogP contribution is 2.06. The third-order valence-corrected chi connectivity index (χ3v) is 2.41. The molecule has 3 rings (SSSR count). The maximum absolute atomic E-state index is 4.89. The summed E-state index contributed by atoms with van der Waals surface area (Å²) in [6.07, 6.45) is 1.62. The van der Waals surface area contributed by atoms with E-state index in [1.807, 2.05) is 54.6 Å². The first kappa shape index (κ1) is 12.9. The van der Waals surface area contributed by atoms with Gasteiger partial charge in [0.25, 0.3) is 0 Å². The lowest BCUT2D eigenvalue weighted by molar-refractivity contribution is 0.432. The maximum Gasteiger partial charge on any atom is 0.224 e. The van der Waals surface area contributed by atoms with Crippen LogP contribution in [-0.4, -0.2) is 5.16 Å². The summed E-state index contributed by atoms with van der Waals surface area (Å²) in [4.78, 5) is 0. The Hall–Kier alpha value is -2.55. The van der Waals surface area contributed by atoms with Crippen molar-refractivity contribution >= 4 is 5.88 Å². The third-order valence-electron chi connectivity index (χ3n) is 2.41. The van der Waals surface area contributed by atoms with Crippen LogP contribution in [0.4, 0.5) is 5.88 Å². The molecule has 0 aliphatic rings. The van der Waals surface area contributed by atoms with Gasteiger partial charge < -0.3 is 9.84 Å². The zero-order chi connectivity index (χ0) is 13.2. The van der Waals surface area contributed by atoms with Crippen LogP contribution in [0.2, 0.25) is 0 Å². The number of rotatable bonds is 3. The predicted octanol–water partition coefficient (Wildman–Crippen LogP) is 3.97. The molecular formula is C16H16N2O. The van der Waals surface area contributed by atoms with E-state index in [2.05, 4.69) is 22.6 Å². The van der Waals surface area contributed by atoms with Gasteiger partial charge in [-0.1, -0.05) is 71.9 Å². The molecule has 0 atom stereocenters. The van der Waals surface area contributed by atoms with E-state index in [4.69, 9.17) is 4.52 Å². The molecule has 0 bridgehead atoms. The van der Waals surface area contributed by atoms with E-state index in [1.165, 1.54) is 5.56 Å². The summed E-state index contributed by atoms with van der Waals surface area (Å²) in [6.45, 7) is 0.760. The van der Waals surface area contributed by atoms with Crippen LogP contribution in [0.5, 0.6) is 0 Å². The smallest absolute Gasteiger partial charge is 0.224 e. The second-order valence-electron chi connectivity index (χ2n) is 3.87. The third kappa shape index (κ3) is 5.08. The molecule has 0 aliphatic heterocycles. The molecule has 0 aliphatic carbocycles. The molecule has 3 aromatic rings. The fourth-order valence-corrected chi connectivity index (χ4v) is 1.48. The molecule has 1 aromatic heterocycles. The zero-order valence-electron chi connectivity index (χ0n) is 10.6. The van der Waals surface area contributed by atoms with E-state index in [1.54, 1.807) is 12.3 Å². The van der Waals surface area contributed by atoms with Gasteiger partial charge in [-0.2, -0.15) is 0 Å². The van der Waals surface area contributed by atoms with Gasteiger partial charge in [0.1, 0.15) is 0 Å². The van der Waals surface area contributed by atoms with Gasteiger partial charge in [-0.3, -0.25) is 0 Å². The minimum absolute atomic E-state index is 0.698. The van der Waals surface area contributed by atoms with Crippen LogP contribution in [0.1, 0.15) is 5.56 Å². The summed E-state index contributed by atoms with van der Waals surface area (Å²) in [5.41, 5.74) is 1.22. The molecule has 96 valence electrons. The number of benzene rings is 2. The van der Waals surface area contributed by atoms with Crippen LogP contribution in [0, 0.1) is 0 Å². The Kier molecular flexibility index (Phi) is 5.24. The summed E-state index contributed by atoms with van der Waals surface area (Å²) < 4.78 is 4.89. The number of anilines is 1. The second-order valence-corrected chi connectivity index (χ2v) is 3.87. The highest BCUT2D eigenvalue weighted by atomic mass is 16.5. The van der Waals surface area contributed by atoms with Gasteiger partial charge in [0, 0.05) is 12.6 Å². The molecule has 3 heteroatoms. The monoisotopic (exact) mass is 252 g/mol. The van der Waals surface area contributed by atoms with Crippen LogP contribution in [-0.2, 0) is 6.54 Å². The average Bonchev–Trinajstić information content (AvgIpc) is 3.02. The number of nitrogens with one attached hydrogen (secondary N) is 1. The van der Waals surface area contributed by atoms with Crippen molar-refractivity contribution in [2.24, 2.45) is 0 Å². The molecule has 1 N–H and O–H groups in total. The van der Waals surface area contributed by atoms with Crippen molar-refractivity contribution in [1.82, 2.24) is 5.16 Å². The highest BCUT2D eigenvalue weighted by molar-refractivity contribution is 5.30. The molecule has 3 nitrogen and oxygen atoms in total. The fraction of sp³-hybridized carbons (Fsp3) is 0.0625. The van der Waals surface area contributed by atoms with E-state index in [0.717, 1.165) is 6.54 Å². The van der Waals surface area contributed by atoms with Gasteiger partial charge in [0.05, 0.1) is 6.20 Å². The minimum atomic E-state index is 0.698. The van der Waals surface area contributed by atoms with Gasteiger partial charge in [-0.05, 0) is 5.56 Å². The Labute approximate surface area is 112 Å². The molecule has 0 unspecified atom stereocenters. The molecule has 0 amide bonds. The minimum Gasteiger partial charge on any atom is -0.350 e. The SMILES string of the molecule is c1ccc(CNc2ccno2)cc1.c1ccccc1. The molecular weight excluding hydrogens is 236 g/mol. The first-order chi connectivity index (χ1) is 9.45. The number of aromatic nitrogens is 1. The first-order valence-electron chi connectivity index (χ1n) is 6.13. The summed E-state index contributed by atoms with van der Waals surface area (Å²) in [5, 5.41) is 6.71. The summed E-state index contributed by atoms with van der Waals surface area (Å²) >= 11 is 0. The lowest BCUT2D eigenvalue weighted by Gasteiger charge is -2.00. The zero-order valence-corrected chi connectivity index (χ0v) is 10.6. The van der Waals surface area contributed by atoms with Gasteiger partial charge in [0.15, 0.2) is 0 Å². The summed E-state index contributed by atoms with van der Waals surface area (Å²) in [5.74, 6) is 0.698. The largest absolute Gasteiger partial charge is 0.350 e. The van der Waals surface area contributed by atoms with E-state index in [-0.39, 0.29) is 0 Å². The molecule has 0 saturated carbocycles. The number of hydrogen-bond acceptors (Lipinski definition) is 3. The number of hydrogen-bond donors (Lipinski definition) is 1. The quantitative estimate of drug-likeness (QED) is 0.766. The summed E-state index contributed by atoms with van der Waals surface area (Å²) in [6, 6.07) is 23.9. The Bertz CT molecular complexity index is 509. The Balaban J connectivity index is 0.000000186. The van der Waals surface area contributed by atoms with Gasteiger partial charge >= 0.3 is 0 Å². The molecule has 0 fully saturated rings. The Morgan fingerprint density at radius 2 is 1.37 bits per heavy atom. The molecule has 2 aromatic carbocycles. The number of nitrogens with zero attached hydrogens (tertiary/aromatic N) is 1. The van der Waals surface area contributed by atoms with Crippen LogP contribution < -0.4 is 5.32 Å². The first-order valence-corrected chi connectivity index (χ1v) is 6.13. The molecule has 0 radical (unpaired) electrons. The van der Waals surface area contributed by atoms with E-state index in [0.29, 0.717) is 5.88 Å². The van der Waals surface area contributed by atoms with Crippen molar-refractivity contribution in [2.45, 2.75) is 6.54 Å². The van der Waals surface area contributed by atoms with Gasteiger partial charge in [0.2, 0.25) is 5.88 Å². The summed E-state index contributed by atoms with van der Waals surface area (Å²) in [7, 11) is 0. The molecule has 0 spiro atoms. The van der Waals surface area contributed by atoms with Crippen molar-refractivity contribution in [3.8, 4) is 0 Å². The maximum atomic E-state index is 4.89. The van der Waals surface area contributed by atoms with Gasteiger partial charge in [-0.25, -0.2) is 0 Å². The predicted molar refractivity (Wildman–Crippen MR) is 76.7 cm³/mol. The second kappa shape index (κ2) is 7.71. The lowest BCUT2D eigenvalue weighted by atomic mass is 10.2. The fourth-order valence-electron chi connectivity index (χ4n) is 1.48. The van der Waals surface area contributed by atoms with E-state index < -0.39 is 0 Å². The van der Waals surface area contributed by atoms with Crippen LogP contribution in [0.25, 0.3) is 0 Å². The van der Waals surface area contributed by atoms with Crippen molar-refractivity contribution in [3.63, 3.8) is 0 Å². The Morgan fingerprint density at radius 1 is 0.789 bits per heavy atom. The highest BCUT2D eigenvalue weighted by Gasteiger charge is 1.94. The lowest BCUT2D eigenvalue weighted by Crippen LogP contribution is -1.97. The van der Waals surface area contributed by atoms with Crippen LogP contribution in [0.3, 0.4) is 0 Å². The standard InChI is InChI=1S/C10H10N2O.C6H6/c1-2-4-9(5-3-1)8-11-10-6-7-12-13-10;1-2-4-6-5-3-1/h1-7,11H,8H2;1-6H. The normalized spacial score (nSPS) is 9.26. The van der Waals surface area contributed by atoms with Crippen molar-refractivity contribution < 1.29 is 4.52 Å². The van der Waals surface area contributed by atoms with Crippen molar-refractivity contribution in [2.75, 3.05) is 5.32 Å². The molecule has 0 saturated heterocycles. The molecule has 19 heavy (non-hydrogen) atoms. The topological polar surface area (TPSA) is 38.1 Å². The van der Waals surface area contributed by atoms with Crippen LogP contribution >= 0.6 is 0 Å². The van der Waals surface area contributed by atoms with Crippen molar-refractivity contribution in [3.05, 3.63) is 84.6 Å². The Morgan fingerprint density at radius 3 is 1.89 bits per heavy atom. The van der Waals surface area contributed by atoms with E-state index >= 15 is 0 Å². The van der Waals surface area contributed by atoms with E-state index in [9.17, 15) is 0 Å². The van der Waals surface area contributed by atoms with Gasteiger partial charge in [-0.15, -0.1) is 0 Å². The average molecular weight is 252 g/mol.